The van der Waals surface area contributed by atoms with E-state index in [9.17, 15) is 14.7 Å². The minimum absolute atomic E-state index is 0.134. The summed E-state index contributed by atoms with van der Waals surface area (Å²) < 4.78 is 6.67. The molecule has 0 spiro atoms. The fourth-order valence-electron chi connectivity index (χ4n) is 3.40. The van der Waals surface area contributed by atoms with Gasteiger partial charge in [-0.25, -0.2) is 4.79 Å². The highest BCUT2D eigenvalue weighted by Crippen LogP contribution is 2.53. The number of pyridine rings is 1. The number of carbonyl (C=O) groups is 1. The minimum Gasteiger partial charge on any atom is -0.462 e. The highest BCUT2D eigenvalue weighted by molar-refractivity contribution is 6.19. The summed E-state index contributed by atoms with van der Waals surface area (Å²) in [5.74, 6) is 5.59. The zero-order valence-corrected chi connectivity index (χ0v) is 16.0. The molecule has 1 aromatic heterocycles. The Bertz CT molecular complexity index is 933. The molecule has 2 aliphatic rings. The van der Waals surface area contributed by atoms with Crippen molar-refractivity contribution in [2.24, 2.45) is 12.5 Å². The highest BCUT2D eigenvalue weighted by atomic mass is 16.5. The van der Waals surface area contributed by atoms with Crippen molar-refractivity contribution in [1.29, 1.82) is 0 Å². The van der Waals surface area contributed by atoms with Gasteiger partial charge in [0.05, 0.1) is 12.2 Å². The van der Waals surface area contributed by atoms with Crippen LogP contribution in [0.15, 0.2) is 16.6 Å². The van der Waals surface area contributed by atoms with Crippen molar-refractivity contribution in [1.82, 2.24) is 4.57 Å². The number of nitrogens with zero attached hydrogens (tertiary/aromatic N) is 1. The van der Waals surface area contributed by atoms with E-state index in [1.165, 1.54) is 4.57 Å². The van der Waals surface area contributed by atoms with Gasteiger partial charge in [-0.1, -0.05) is 24.3 Å². The molecule has 1 N–H and O–H groups in total. The molecule has 138 valence electrons. The number of fused-ring (bicyclic) bond motifs is 1. The number of esters is 1. The first-order valence-corrected chi connectivity index (χ1v) is 8.96. The normalized spacial score (nSPS) is 19.3. The molecule has 1 heterocycles. The van der Waals surface area contributed by atoms with Crippen LogP contribution < -0.4 is 5.56 Å². The zero-order valence-electron chi connectivity index (χ0n) is 16.0. The van der Waals surface area contributed by atoms with Crippen LogP contribution in [0.3, 0.4) is 0 Å². The standard InChI is InChI=1S/C21H25NO4/c1-6-26-19(24)16-13(2)11-15-17(16)14(12-22(5)18(15)23)7-8-21(4,25)20(3)9-10-20/h12,25H,6,9-11H2,1-5H3. The van der Waals surface area contributed by atoms with Crippen molar-refractivity contribution in [3.8, 4) is 11.8 Å². The van der Waals surface area contributed by atoms with Crippen molar-refractivity contribution in [2.45, 2.75) is 52.6 Å². The molecular formula is C21H25NO4. The topological polar surface area (TPSA) is 68.5 Å². The molecule has 1 unspecified atom stereocenters. The molecule has 1 atom stereocenters. The summed E-state index contributed by atoms with van der Waals surface area (Å²) in [5.41, 5.74) is 1.50. The first kappa shape index (κ1) is 18.5. The SMILES string of the molecule is CCOC(=O)C1=C(C)Cc2c1c(C#CC(C)(O)C1(C)CC1)cn(C)c2=O. The number of hydrogen-bond donors (Lipinski definition) is 1. The number of aromatic nitrogens is 1. The summed E-state index contributed by atoms with van der Waals surface area (Å²) in [6.45, 7) is 7.60. The maximum Gasteiger partial charge on any atom is 0.338 e. The Balaban J connectivity index is 2.15. The molecule has 2 aliphatic carbocycles. The molecule has 1 fully saturated rings. The number of ether oxygens (including phenoxy) is 1. The molecule has 1 aromatic rings. The summed E-state index contributed by atoms with van der Waals surface area (Å²) in [4.78, 5) is 25.0. The maximum absolute atomic E-state index is 12.5. The molecule has 0 bridgehead atoms. The molecule has 5 nitrogen and oxygen atoms in total. The largest absolute Gasteiger partial charge is 0.462 e. The van der Waals surface area contributed by atoms with Gasteiger partial charge < -0.3 is 14.4 Å². The van der Waals surface area contributed by atoms with E-state index in [0.29, 0.717) is 28.7 Å². The maximum atomic E-state index is 12.5. The van der Waals surface area contributed by atoms with E-state index in [1.807, 2.05) is 13.8 Å². The summed E-state index contributed by atoms with van der Waals surface area (Å²) in [5, 5.41) is 10.7. The number of rotatable bonds is 3. The molecule has 1 saturated carbocycles. The van der Waals surface area contributed by atoms with Gasteiger partial charge in [0.1, 0.15) is 5.60 Å². The Morgan fingerprint density at radius 1 is 1.46 bits per heavy atom. The monoisotopic (exact) mass is 355 g/mol. The Labute approximate surface area is 153 Å². The Morgan fingerprint density at radius 2 is 2.12 bits per heavy atom. The van der Waals surface area contributed by atoms with Crippen LogP contribution in [0.2, 0.25) is 0 Å². The second-order valence-electron chi connectivity index (χ2n) is 7.75. The van der Waals surface area contributed by atoms with Crippen LogP contribution in [0, 0.1) is 17.3 Å². The van der Waals surface area contributed by atoms with Crippen LogP contribution in [0.1, 0.15) is 57.2 Å². The van der Waals surface area contributed by atoms with Gasteiger partial charge in [-0.3, -0.25) is 4.79 Å². The molecular weight excluding hydrogens is 330 g/mol. The lowest BCUT2D eigenvalue weighted by molar-refractivity contribution is -0.136. The zero-order chi connectivity index (χ0) is 19.3. The summed E-state index contributed by atoms with van der Waals surface area (Å²) in [7, 11) is 1.67. The summed E-state index contributed by atoms with van der Waals surface area (Å²) in [6, 6.07) is 0. The first-order chi connectivity index (χ1) is 12.1. The fourth-order valence-corrected chi connectivity index (χ4v) is 3.40. The van der Waals surface area contributed by atoms with Crippen molar-refractivity contribution < 1.29 is 14.6 Å². The van der Waals surface area contributed by atoms with Crippen molar-refractivity contribution in [3.05, 3.63) is 38.8 Å². The third kappa shape index (κ3) is 2.89. The molecule has 0 amide bonds. The molecule has 3 rings (SSSR count). The molecule has 0 aromatic carbocycles. The van der Waals surface area contributed by atoms with E-state index in [4.69, 9.17) is 4.74 Å². The van der Waals surface area contributed by atoms with Crippen molar-refractivity contribution >= 4 is 11.5 Å². The second kappa shape index (κ2) is 6.14. The van der Waals surface area contributed by atoms with Crippen LogP contribution in [0.25, 0.3) is 5.57 Å². The molecule has 0 saturated heterocycles. The fraction of sp³-hybridized carbons (Fsp3) is 0.524. The van der Waals surface area contributed by atoms with Gasteiger partial charge in [0.2, 0.25) is 0 Å². The Morgan fingerprint density at radius 3 is 2.69 bits per heavy atom. The van der Waals surface area contributed by atoms with E-state index in [-0.39, 0.29) is 17.6 Å². The summed E-state index contributed by atoms with van der Waals surface area (Å²) in [6.07, 6.45) is 3.93. The average molecular weight is 355 g/mol. The lowest BCUT2D eigenvalue weighted by Gasteiger charge is -2.24. The molecule has 5 heteroatoms. The van der Waals surface area contributed by atoms with Crippen LogP contribution in [-0.2, 0) is 23.0 Å². The van der Waals surface area contributed by atoms with E-state index in [0.717, 1.165) is 18.4 Å². The molecule has 0 radical (unpaired) electrons. The van der Waals surface area contributed by atoms with Crippen molar-refractivity contribution in [2.75, 3.05) is 6.61 Å². The second-order valence-corrected chi connectivity index (χ2v) is 7.75. The van der Waals surface area contributed by atoms with Crippen LogP contribution in [0.5, 0.6) is 0 Å². The number of carbonyl (C=O) groups excluding carboxylic acids is 1. The number of aryl methyl sites for hydroxylation is 1. The van der Waals surface area contributed by atoms with Crippen LogP contribution >= 0.6 is 0 Å². The van der Waals surface area contributed by atoms with Gasteiger partial charge >= 0.3 is 5.97 Å². The Hall–Kier alpha value is -2.32. The average Bonchev–Trinajstić information content (AvgIpc) is 3.23. The van der Waals surface area contributed by atoms with E-state index in [2.05, 4.69) is 11.8 Å². The number of allylic oxidation sites excluding steroid dienone is 1. The third-order valence-electron chi connectivity index (χ3n) is 5.69. The highest BCUT2D eigenvalue weighted by Gasteiger charge is 2.51. The van der Waals surface area contributed by atoms with Crippen LogP contribution in [0.4, 0.5) is 0 Å². The van der Waals surface area contributed by atoms with Gasteiger partial charge in [0.15, 0.2) is 0 Å². The number of aliphatic hydroxyl groups is 1. The lowest BCUT2D eigenvalue weighted by atomic mass is 9.87. The summed E-state index contributed by atoms with van der Waals surface area (Å²) >= 11 is 0. The Kier molecular flexibility index (Phi) is 4.36. The first-order valence-electron chi connectivity index (χ1n) is 8.96. The molecule has 26 heavy (non-hydrogen) atoms. The van der Waals surface area contributed by atoms with Gasteiger partial charge in [-0.2, -0.15) is 0 Å². The smallest absolute Gasteiger partial charge is 0.338 e. The third-order valence-corrected chi connectivity index (χ3v) is 5.69. The number of hydrogen-bond acceptors (Lipinski definition) is 4. The predicted octanol–water partition coefficient (Wildman–Crippen LogP) is 2.18. The van der Waals surface area contributed by atoms with Gasteiger partial charge in [0.25, 0.3) is 5.56 Å². The van der Waals surface area contributed by atoms with Crippen LogP contribution in [-0.4, -0.2) is 27.9 Å². The van der Waals surface area contributed by atoms with E-state index >= 15 is 0 Å². The van der Waals surface area contributed by atoms with Gasteiger partial charge in [-0.05, 0) is 33.6 Å². The van der Waals surface area contributed by atoms with Gasteiger partial charge in [-0.15, -0.1) is 0 Å². The van der Waals surface area contributed by atoms with Crippen molar-refractivity contribution in [3.63, 3.8) is 0 Å². The minimum atomic E-state index is -1.12. The van der Waals surface area contributed by atoms with E-state index in [1.54, 1.807) is 27.1 Å². The quantitative estimate of drug-likeness (QED) is 0.667. The lowest BCUT2D eigenvalue weighted by Crippen LogP contribution is -2.32. The molecule has 0 aliphatic heterocycles. The predicted molar refractivity (Wildman–Crippen MR) is 99.5 cm³/mol. The van der Waals surface area contributed by atoms with Gasteiger partial charge in [0, 0.05) is 41.8 Å². The van der Waals surface area contributed by atoms with E-state index < -0.39 is 11.6 Å².